The summed E-state index contributed by atoms with van der Waals surface area (Å²) in [6, 6.07) is 8.35. The minimum atomic E-state index is 0.873. The van der Waals surface area contributed by atoms with E-state index in [1.165, 1.54) is 34.2 Å². The van der Waals surface area contributed by atoms with E-state index in [1.54, 1.807) is 36.5 Å². The maximum absolute atomic E-state index is 5.34. The molecule has 130 valence electrons. The zero-order chi connectivity index (χ0) is 17.7. The number of fused-ring (bicyclic) bond motifs is 4. The molecular weight excluding hydrogens is 362 g/mol. The average Bonchev–Trinajstić information content (AvgIpc) is 3.30. The van der Waals surface area contributed by atoms with E-state index in [1.807, 2.05) is 12.1 Å². The first-order chi connectivity index (χ1) is 12.8. The molecule has 0 saturated heterocycles. The van der Waals surface area contributed by atoms with Crippen LogP contribution in [0.15, 0.2) is 35.6 Å². The van der Waals surface area contributed by atoms with Gasteiger partial charge in [-0.05, 0) is 54.3 Å². The monoisotopic (exact) mass is 379 g/mol. The van der Waals surface area contributed by atoms with Gasteiger partial charge >= 0.3 is 0 Å². The van der Waals surface area contributed by atoms with Crippen LogP contribution in [0, 0.1) is 0 Å². The van der Waals surface area contributed by atoms with E-state index < -0.39 is 0 Å². The molecule has 0 aliphatic heterocycles. The van der Waals surface area contributed by atoms with Gasteiger partial charge < -0.3 is 4.74 Å². The van der Waals surface area contributed by atoms with Crippen molar-refractivity contribution in [2.45, 2.75) is 24.3 Å². The molecular formula is C20H17N3OS2. The Kier molecular flexibility index (Phi) is 3.83. The van der Waals surface area contributed by atoms with Crippen molar-refractivity contribution in [3.63, 3.8) is 0 Å². The third-order valence-corrected chi connectivity index (χ3v) is 6.87. The Labute approximate surface area is 159 Å². The van der Waals surface area contributed by atoms with Crippen molar-refractivity contribution in [1.29, 1.82) is 0 Å². The second-order valence-corrected chi connectivity index (χ2v) is 8.13. The van der Waals surface area contributed by atoms with Gasteiger partial charge in [-0.25, -0.2) is 15.0 Å². The molecule has 0 saturated carbocycles. The van der Waals surface area contributed by atoms with Crippen LogP contribution in [-0.2, 0) is 12.8 Å². The summed E-state index contributed by atoms with van der Waals surface area (Å²) in [5.74, 6) is 0.873. The molecule has 0 bridgehead atoms. The Balaban J connectivity index is 1.90. The van der Waals surface area contributed by atoms with Crippen molar-refractivity contribution in [2.75, 3.05) is 13.4 Å². The quantitative estimate of drug-likeness (QED) is 0.365. The predicted octanol–water partition coefficient (Wildman–Crippen LogP) is 5.13. The molecule has 1 aliphatic rings. The van der Waals surface area contributed by atoms with Gasteiger partial charge in [0.1, 0.15) is 21.9 Å². The van der Waals surface area contributed by atoms with Crippen LogP contribution in [0.1, 0.15) is 17.7 Å². The lowest BCUT2D eigenvalue weighted by molar-refractivity contribution is 0.415. The summed E-state index contributed by atoms with van der Waals surface area (Å²) in [7, 11) is 1.70. The highest BCUT2D eigenvalue weighted by Crippen LogP contribution is 2.44. The lowest BCUT2D eigenvalue weighted by Gasteiger charge is -2.11. The van der Waals surface area contributed by atoms with Gasteiger partial charge in [-0.3, -0.25) is 0 Å². The van der Waals surface area contributed by atoms with Crippen LogP contribution >= 0.6 is 23.1 Å². The zero-order valence-electron chi connectivity index (χ0n) is 14.6. The molecule has 3 heterocycles. The fourth-order valence-corrected chi connectivity index (χ4v) is 5.65. The summed E-state index contributed by atoms with van der Waals surface area (Å²) in [5, 5.41) is 2.20. The molecule has 6 heteroatoms. The molecule has 3 aromatic heterocycles. The number of nitrogens with zero attached hydrogens (tertiary/aromatic N) is 3. The van der Waals surface area contributed by atoms with Gasteiger partial charge in [-0.15, -0.1) is 23.1 Å². The number of rotatable bonds is 3. The summed E-state index contributed by atoms with van der Waals surface area (Å²) in [4.78, 5) is 15.2. The Bertz CT molecular complexity index is 1140. The summed E-state index contributed by atoms with van der Waals surface area (Å²) in [5.41, 5.74) is 6.15. The van der Waals surface area contributed by atoms with Gasteiger partial charge in [0.25, 0.3) is 0 Å². The first kappa shape index (κ1) is 16.0. The van der Waals surface area contributed by atoms with Gasteiger partial charge in [0, 0.05) is 11.1 Å². The lowest BCUT2D eigenvalue weighted by Crippen LogP contribution is -1.94. The van der Waals surface area contributed by atoms with Crippen molar-refractivity contribution in [3.05, 3.63) is 41.9 Å². The Morgan fingerprint density at radius 2 is 1.96 bits per heavy atom. The molecule has 0 amide bonds. The number of thiophene rings is 1. The molecule has 0 spiro atoms. The smallest absolute Gasteiger partial charge is 0.127 e. The third kappa shape index (κ3) is 2.32. The van der Waals surface area contributed by atoms with E-state index in [2.05, 4.69) is 28.4 Å². The standard InChI is InChI=1S/C20H17N3OS2/c1-24-12-8-6-11(7-9-12)15-13-4-3-5-14(13)23-19-16(15)17-18(26-19)20(25-2)22-10-21-17/h6-10H,3-5H2,1-2H3. The molecule has 1 aromatic carbocycles. The minimum absolute atomic E-state index is 0.873. The third-order valence-electron chi connectivity index (χ3n) is 4.97. The van der Waals surface area contributed by atoms with Gasteiger partial charge in [-0.1, -0.05) is 12.1 Å². The van der Waals surface area contributed by atoms with Crippen LogP contribution in [0.2, 0.25) is 0 Å². The predicted molar refractivity (Wildman–Crippen MR) is 109 cm³/mol. The van der Waals surface area contributed by atoms with Crippen molar-refractivity contribution >= 4 is 43.5 Å². The maximum atomic E-state index is 5.34. The highest BCUT2D eigenvalue weighted by atomic mass is 32.2. The van der Waals surface area contributed by atoms with E-state index >= 15 is 0 Å². The lowest BCUT2D eigenvalue weighted by atomic mass is 9.96. The molecule has 26 heavy (non-hydrogen) atoms. The van der Waals surface area contributed by atoms with Gasteiger partial charge in [0.15, 0.2) is 0 Å². The fourth-order valence-electron chi connectivity index (χ4n) is 3.80. The normalized spacial score (nSPS) is 13.5. The Morgan fingerprint density at radius 1 is 1.12 bits per heavy atom. The summed E-state index contributed by atoms with van der Waals surface area (Å²) >= 11 is 3.38. The van der Waals surface area contributed by atoms with Crippen molar-refractivity contribution < 1.29 is 4.74 Å². The number of ether oxygens (including phenoxy) is 1. The first-order valence-corrected chi connectivity index (χ1v) is 10.6. The minimum Gasteiger partial charge on any atom is -0.497 e. The molecule has 1 aliphatic carbocycles. The number of pyridine rings is 1. The van der Waals surface area contributed by atoms with Crippen LogP contribution in [0.25, 0.3) is 31.6 Å². The molecule has 0 radical (unpaired) electrons. The van der Waals surface area contributed by atoms with Crippen molar-refractivity contribution in [2.24, 2.45) is 0 Å². The van der Waals surface area contributed by atoms with Gasteiger partial charge in [-0.2, -0.15) is 0 Å². The number of aromatic nitrogens is 3. The highest BCUT2D eigenvalue weighted by Gasteiger charge is 2.24. The molecule has 4 nitrogen and oxygen atoms in total. The van der Waals surface area contributed by atoms with E-state index in [-0.39, 0.29) is 0 Å². The van der Waals surface area contributed by atoms with E-state index in [9.17, 15) is 0 Å². The van der Waals surface area contributed by atoms with Crippen LogP contribution in [0.5, 0.6) is 5.75 Å². The molecule has 4 aromatic rings. The van der Waals surface area contributed by atoms with Crippen LogP contribution in [0.3, 0.4) is 0 Å². The molecule has 0 N–H and O–H groups in total. The average molecular weight is 380 g/mol. The number of hydrogen-bond donors (Lipinski definition) is 0. The number of aryl methyl sites for hydroxylation is 1. The van der Waals surface area contributed by atoms with Crippen molar-refractivity contribution in [1.82, 2.24) is 15.0 Å². The highest BCUT2D eigenvalue weighted by molar-refractivity contribution is 7.98. The van der Waals surface area contributed by atoms with Crippen LogP contribution < -0.4 is 4.74 Å². The Morgan fingerprint density at radius 3 is 2.73 bits per heavy atom. The molecule has 0 unspecified atom stereocenters. The van der Waals surface area contributed by atoms with Crippen molar-refractivity contribution in [3.8, 4) is 16.9 Å². The molecule has 5 rings (SSSR count). The number of methoxy groups -OCH3 is 1. The van der Waals surface area contributed by atoms with Gasteiger partial charge in [0.05, 0.1) is 17.3 Å². The number of hydrogen-bond acceptors (Lipinski definition) is 6. The molecule has 0 fully saturated rings. The largest absolute Gasteiger partial charge is 0.497 e. The second kappa shape index (κ2) is 6.21. The summed E-state index contributed by atoms with van der Waals surface area (Å²) in [6.07, 6.45) is 7.04. The van der Waals surface area contributed by atoms with E-state index in [0.717, 1.165) is 38.7 Å². The first-order valence-electron chi connectivity index (χ1n) is 8.57. The SMILES string of the molecule is COc1ccc(-c2c3c(nc4sc5c(SC)ncnc5c24)CCC3)cc1. The van der Waals surface area contributed by atoms with Gasteiger partial charge in [0.2, 0.25) is 0 Å². The number of benzene rings is 1. The topological polar surface area (TPSA) is 47.9 Å². The fraction of sp³-hybridized carbons (Fsp3) is 0.250. The zero-order valence-corrected chi connectivity index (χ0v) is 16.2. The van der Waals surface area contributed by atoms with Crippen LogP contribution in [-0.4, -0.2) is 28.3 Å². The Hall–Kier alpha value is -2.18. The van der Waals surface area contributed by atoms with E-state index in [0.29, 0.717) is 0 Å². The number of thioether (sulfide) groups is 1. The summed E-state index contributed by atoms with van der Waals surface area (Å²) < 4.78 is 6.48. The van der Waals surface area contributed by atoms with Crippen LogP contribution in [0.4, 0.5) is 0 Å². The molecule has 0 atom stereocenters. The summed E-state index contributed by atoms with van der Waals surface area (Å²) in [6.45, 7) is 0. The second-order valence-electron chi connectivity index (χ2n) is 6.34. The van der Waals surface area contributed by atoms with E-state index in [4.69, 9.17) is 9.72 Å². The maximum Gasteiger partial charge on any atom is 0.127 e.